The third-order valence-corrected chi connectivity index (χ3v) is 2.71. The van der Waals surface area contributed by atoms with Crippen LogP contribution in [0.2, 0.25) is 0 Å². The summed E-state index contributed by atoms with van der Waals surface area (Å²) < 4.78 is 4.76. The maximum absolute atomic E-state index is 9.11. The van der Waals surface area contributed by atoms with Crippen molar-refractivity contribution in [3.8, 4) is 6.07 Å². The van der Waals surface area contributed by atoms with Crippen LogP contribution in [0.15, 0.2) is 41.1 Å². The Morgan fingerprint density at radius 3 is 2.89 bits per heavy atom. The quantitative estimate of drug-likeness (QED) is 0.766. The summed E-state index contributed by atoms with van der Waals surface area (Å²) in [4.78, 5) is 0. The van der Waals surface area contributed by atoms with Crippen molar-refractivity contribution in [2.45, 2.75) is 6.54 Å². The van der Waals surface area contributed by atoms with E-state index in [2.05, 4.69) is 20.7 Å². The highest BCUT2D eigenvalue weighted by atomic mass is 16.5. The molecule has 1 N–H and O–H groups in total. The fraction of sp³-hybridized carbons (Fsp3) is 0.0769. The maximum Gasteiger partial charge on any atom is 0.186 e. The molecule has 6 heteroatoms. The SMILES string of the molecule is N#Cc1nnc2ccccc2c1NCc1ccon1. The van der Waals surface area contributed by atoms with E-state index in [4.69, 9.17) is 9.78 Å². The van der Waals surface area contributed by atoms with Gasteiger partial charge in [-0.25, -0.2) is 0 Å². The fourth-order valence-electron chi connectivity index (χ4n) is 1.82. The van der Waals surface area contributed by atoms with Crippen molar-refractivity contribution in [1.29, 1.82) is 5.26 Å². The van der Waals surface area contributed by atoms with Crippen LogP contribution in [0, 0.1) is 11.3 Å². The highest BCUT2D eigenvalue weighted by Crippen LogP contribution is 2.24. The molecule has 0 radical (unpaired) electrons. The topological polar surface area (TPSA) is 87.6 Å². The van der Waals surface area contributed by atoms with E-state index in [1.807, 2.05) is 30.3 Å². The lowest BCUT2D eigenvalue weighted by Gasteiger charge is -2.08. The Kier molecular flexibility index (Phi) is 2.79. The number of benzene rings is 1. The minimum atomic E-state index is 0.266. The highest BCUT2D eigenvalue weighted by Gasteiger charge is 2.10. The zero-order valence-corrected chi connectivity index (χ0v) is 9.87. The summed E-state index contributed by atoms with van der Waals surface area (Å²) in [6.07, 6.45) is 1.51. The molecule has 19 heavy (non-hydrogen) atoms. The molecule has 0 bridgehead atoms. The minimum Gasteiger partial charge on any atom is -0.376 e. The third-order valence-electron chi connectivity index (χ3n) is 2.71. The first-order valence-corrected chi connectivity index (χ1v) is 5.67. The van der Waals surface area contributed by atoms with E-state index in [-0.39, 0.29) is 5.69 Å². The lowest BCUT2D eigenvalue weighted by molar-refractivity contribution is 0.412. The predicted molar refractivity (Wildman–Crippen MR) is 68.1 cm³/mol. The van der Waals surface area contributed by atoms with Crippen LogP contribution in [-0.2, 0) is 6.54 Å². The molecule has 0 aliphatic carbocycles. The van der Waals surface area contributed by atoms with Gasteiger partial charge in [0, 0.05) is 11.5 Å². The van der Waals surface area contributed by atoms with E-state index in [1.54, 1.807) is 6.07 Å². The first kappa shape index (κ1) is 11.2. The number of hydrogen-bond donors (Lipinski definition) is 1. The molecule has 0 atom stereocenters. The highest BCUT2D eigenvalue weighted by molar-refractivity contribution is 5.92. The van der Waals surface area contributed by atoms with Crippen molar-refractivity contribution < 1.29 is 4.52 Å². The fourth-order valence-corrected chi connectivity index (χ4v) is 1.82. The van der Waals surface area contributed by atoms with Crippen LogP contribution in [0.25, 0.3) is 10.9 Å². The molecule has 0 saturated carbocycles. The van der Waals surface area contributed by atoms with E-state index in [1.165, 1.54) is 6.26 Å². The number of nitriles is 1. The summed E-state index contributed by atoms with van der Waals surface area (Å²) in [5, 5.41) is 24.9. The van der Waals surface area contributed by atoms with E-state index in [0.29, 0.717) is 12.2 Å². The number of nitrogens with one attached hydrogen (secondary N) is 1. The third kappa shape index (κ3) is 2.09. The van der Waals surface area contributed by atoms with Crippen LogP contribution >= 0.6 is 0 Å². The van der Waals surface area contributed by atoms with E-state index < -0.39 is 0 Å². The van der Waals surface area contributed by atoms with Gasteiger partial charge in [-0.15, -0.1) is 10.2 Å². The van der Waals surface area contributed by atoms with E-state index in [9.17, 15) is 0 Å². The van der Waals surface area contributed by atoms with Crippen molar-refractivity contribution in [3.05, 3.63) is 48.0 Å². The van der Waals surface area contributed by atoms with Gasteiger partial charge >= 0.3 is 0 Å². The van der Waals surface area contributed by atoms with Crippen LogP contribution in [0.3, 0.4) is 0 Å². The summed E-state index contributed by atoms with van der Waals surface area (Å²) in [6, 6.07) is 11.3. The average Bonchev–Trinajstić information content (AvgIpc) is 2.97. The van der Waals surface area contributed by atoms with Crippen molar-refractivity contribution in [2.24, 2.45) is 0 Å². The molecule has 0 saturated heterocycles. The Labute approximate surface area is 108 Å². The van der Waals surface area contributed by atoms with Gasteiger partial charge in [-0.05, 0) is 6.07 Å². The molecule has 92 valence electrons. The molecule has 3 rings (SSSR count). The number of rotatable bonds is 3. The summed E-state index contributed by atoms with van der Waals surface area (Å²) in [6.45, 7) is 0.459. The standard InChI is InChI=1S/C13H9N5O/c14-7-12-13(15-8-9-5-6-19-18-9)10-3-1-2-4-11(10)16-17-12/h1-6H,8H2,(H,15,16). The van der Waals surface area contributed by atoms with Gasteiger partial charge in [0.1, 0.15) is 18.0 Å². The minimum absolute atomic E-state index is 0.266. The second-order valence-electron chi connectivity index (χ2n) is 3.90. The van der Waals surface area contributed by atoms with Gasteiger partial charge in [0.15, 0.2) is 5.69 Å². The molecular formula is C13H9N5O. The molecule has 0 amide bonds. The van der Waals surface area contributed by atoms with Crippen molar-refractivity contribution in [3.63, 3.8) is 0 Å². The van der Waals surface area contributed by atoms with Gasteiger partial charge in [0.25, 0.3) is 0 Å². The molecule has 6 nitrogen and oxygen atoms in total. The van der Waals surface area contributed by atoms with Crippen molar-refractivity contribution in [2.75, 3.05) is 5.32 Å². The second kappa shape index (κ2) is 4.74. The molecule has 2 heterocycles. The molecule has 1 aromatic carbocycles. The van der Waals surface area contributed by atoms with Crippen LogP contribution in [-0.4, -0.2) is 15.4 Å². The van der Waals surface area contributed by atoms with Gasteiger partial charge in [-0.3, -0.25) is 0 Å². The van der Waals surface area contributed by atoms with Gasteiger partial charge in [0.05, 0.1) is 17.7 Å². The Morgan fingerprint density at radius 2 is 2.11 bits per heavy atom. The molecular weight excluding hydrogens is 242 g/mol. The van der Waals surface area contributed by atoms with Gasteiger partial charge in [-0.2, -0.15) is 5.26 Å². The van der Waals surface area contributed by atoms with Crippen molar-refractivity contribution >= 4 is 16.6 Å². The number of fused-ring (bicyclic) bond motifs is 1. The number of nitrogens with zero attached hydrogens (tertiary/aromatic N) is 4. The van der Waals surface area contributed by atoms with E-state index >= 15 is 0 Å². The van der Waals surface area contributed by atoms with E-state index in [0.717, 1.165) is 16.6 Å². The molecule has 0 spiro atoms. The lowest BCUT2D eigenvalue weighted by Crippen LogP contribution is -2.04. The molecule has 0 fully saturated rings. The monoisotopic (exact) mass is 251 g/mol. The molecule has 3 aromatic rings. The molecule has 0 aliphatic heterocycles. The molecule has 0 aliphatic rings. The maximum atomic E-state index is 9.11. The summed E-state index contributed by atoms with van der Waals surface area (Å²) in [7, 11) is 0. The number of aromatic nitrogens is 3. The predicted octanol–water partition coefficient (Wildman–Crippen LogP) is 2.10. The Hall–Kier alpha value is -2.94. The average molecular weight is 251 g/mol. The Morgan fingerprint density at radius 1 is 1.21 bits per heavy atom. The largest absolute Gasteiger partial charge is 0.376 e. The molecule has 2 aromatic heterocycles. The zero-order chi connectivity index (χ0) is 13.1. The van der Waals surface area contributed by atoms with Crippen molar-refractivity contribution in [1.82, 2.24) is 15.4 Å². The van der Waals surface area contributed by atoms with Crippen LogP contribution in [0.1, 0.15) is 11.4 Å². The number of anilines is 1. The normalized spacial score (nSPS) is 10.3. The smallest absolute Gasteiger partial charge is 0.186 e. The summed E-state index contributed by atoms with van der Waals surface area (Å²) in [5.74, 6) is 0. The van der Waals surface area contributed by atoms with Crippen LogP contribution < -0.4 is 5.32 Å². The summed E-state index contributed by atoms with van der Waals surface area (Å²) in [5.41, 5.74) is 2.42. The zero-order valence-electron chi connectivity index (χ0n) is 9.87. The van der Waals surface area contributed by atoms with Gasteiger partial charge < -0.3 is 9.84 Å². The Balaban J connectivity index is 2.02. The summed E-state index contributed by atoms with van der Waals surface area (Å²) >= 11 is 0. The second-order valence-corrected chi connectivity index (χ2v) is 3.90. The van der Waals surface area contributed by atoms with Crippen LogP contribution in [0.4, 0.5) is 5.69 Å². The Bertz CT molecular complexity index is 745. The van der Waals surface area contributed by atoms with Crippen LogP contribution in [0.5, 0.6) is 0 Å². The number of hydrogen-bond acceptors (Lipinski definition) is 6. The first-order valence-electron chi connectivity index (χ1n) is 5.67. The molecule has 0 unspecified atom stereocenters. The van der Waals surface area contributed by atoms with Gasteiger partial charge in [0.2, 0.25) is 0 Å². The first-order chi connectivity index (χ1) is 9.38. The van der Waals surface area contributed by atoms with Gasteiger partial charge in [-0.1, -0.05) is 23.4 Å². The lowest BCUT2D eigenvalue weighted by atomic mass is 10.1.